The van der Waals surface area contributed by atoms with Crippen LogP contribution in [-0.4, -0.2) is 78.1 Å². The van der Waals surface area contributed by atoms with Crippen LogP contribution >= 0.6 is 0 Å². The molecule has 2 atom stereocenters. The standard InChI is InChI=1S/C33H50N2O10S/c1-7-10-15-35(37)33(36)34-14-11-17-43-29-21-24(22-30(32(29)44-16-8-2)46(38,39)18-9-3)26-13-12-25(45-26)23-19-27(40-4)31(42-6)28(20-23)41-5/h19-22,25-26,37H,7-18H2,1-6H3,(H,34,36). The van der Waals surface area contributed by atoms with Gasteiger partial charge in [-0.3, -0.25) is 5.21 Å². The zero-order chi connectivity index (χ0) is 33.7. The number of urea groups is 1. The van der Waals surface area contributed by atoms with Gasteiger partial charge in [0.1, 0.15) is 4.90 Å². The second-order valence-electron chi connectivity index (χ2n) is 11.1. The van der Waals surface area contributed by atoms with Crippen LogP contribution in [0, 0.1) is 0 Å². The molecule has 2 unspecified atom stereocenters. The van der Waals surface area contributed by atoms with Gasteiger partial charge < -0.3 is 33.7 Å². The third-order valence-electron chi connectivity index (χ3n) is 7.56. The highest BCUT2D eigenvalue weighted by molar-refractivity contribution is 7.91. The quantitative estimate of drug-likeness (QED) is 0.100. The van der Waals surface area contributed by atoms with E-state index in [1.807, 2.05) is 32.9 Å². The predicted octanol–water partition coefficient (Wildman–Crippen LogP) is 6.25. The van der Waals surface area contributed by atoms with Crippen LogP contribution in [0.1, 0.15) is 89.1 Å². The molecule has 1 saturated heterocycles. The Balaban J connectivity index is 1.88. The number of hydrogen-bond acceptors (Lipinski definition) is 10. The number of ether oxygens (including phenoxy) is 6. The zero-order valence-corrected chi connectivity index (χ0v) is 28.7. The summed E-state index contributed by atoms with van der Waals surface area (Å²) < 4.78 is 62.2. The molecular weight excluding hydrogens is 616 g/mol. The maximum absolute atomic E-state index is 13.5. The lowest BCUT2D eigenvalue weighted by Crippen LogP contribution is -2.38. The van der Waals surface area contributed by atoms with Gasteiger partial charge in [0.15, 0.2) is 32.8 Å². The fourth-order valence-electron chi connectivity index (χ4n) is 5.21. The smallest absolute Gasteiger partial charge is 0.341 e. The van der Waals surface area contributed by atoms with Crippen LogP contribution in [0.25, 0.3) is 0 Å². The molecule has 46 heavy (non-hydrogen) atoms. The fourth-order valence-corrected chi connectivity index (χ4v) is 6.73. The molecule has 1 aliphatic heterocycles. The first-order valence-corrected chi connectivity index (χ1v) is 17.6. The van der Waals surface area contributed by atoms with Crippen molar-refractivity contribution in [2.75, 3.05) is 53.4 Å². The predicted molar refractivity (Wildman–Crippen MR) is 173 cm³/mol. The summed E-state index contributed by atoms with van der Waals surface area (Å²) in [4.78, 5) is 12.2. The molecule has 0 saturated carbocycles. The van der Waals surface area contributed by atoms with Gasteiger partial charge in [0.05, 0.1) is 59.0 Å². The molecule has 3 rings (SSSR count). The van der Waals surface area contributed by atoms with Gasteiger partial charge in [-0.15, -0.1) is 0 Å². The molecule has 2 amide bonds. The van der Waals surface area contributed by atoms with Crippen LogP contribution in [0.2, 0.25) is 0 Å². The molecule has 2 aromatic rings. The third kappa shape index (κ3) is 9.55. The van der Waals surface area contributed by atoms with Gasteiger partial charge >= 0.3 is 6.03 Å². The lowest BCUT2D eigenvalue weighted by molar-refractivity contribution is -0.0438. The van der Waals surface area contributed by atoms with Crippen molar-refractivity contribution in [3.63, 3.8) is 0 Å². The molecule has 1 fully saturated rings. The number of carbonyl (C=O) groups is 1. The molecule has 1 aliphatic rings. The van der Waals surface area contributed by atoms with Crippen molar-refractivity contribution in [2.45, 2.75) is 82.8 Å². The Morgan fingerprint density at radius 1 is 0.848 bits per heavy atom. The Morgan fingerprint density at radius 2 is 1.48 bits per heavy atom. The molecule has 12 nitrogen and oxygen atoms in total. The molecule has 258 valence electrons. The average Bonchev–Trinajstić information content (AvgIpc) is 3.55. The molecule has 0 radical (unpaired) electrons. The molecule has 0 aromatic heterocycles. The number of unbranched alkanes of at least 4 members (excludes halogenated alkanes) is 1. The molecule has 0 spiro atoms. The maximum atomic E-state index is 13.5. The van der Waals surface area contributed by atoms with Gasteiger partial charge in [0, 0.05) is 6.54 Å². The lowest BCUT2D eigenvalue weighted by Gasteiger charge is -2.21. The number of rotatable bonds is 19. The topological polar surface area (TPSA) is 142 Å². The Morgan fingerprint density at radius 3 is 2.04 bits per heavy atom. The number of benzene rings is 2. The van der Waals surface area contributed by atoms with E-state index in [0.29, 0.717) is 78.8 Å². The number of nitrogens with one attached hydrogen (secondary N) is 1. The number of hydroxylamine groups is 2. The number of hydrogen-bond donors (Lipinski definition) is 2. The van der Waals surface area contributed by atoms with Crippen molar-refractivity contribution < 1.29 is 46.8 Å². The minimum absolute atomic E-state index is 0.0420. The molecule has 2 aromatic carbocycles. The monoisotopic (exact) mass is 666 g/mol. The van der Waals surface area contributed by atoms with Crippen molar-refractivity contribution in [2.24, 2.45) is 0 Å². The van der Waals surface area contributed by atoms with Gasteiger partial charge in [-0.1, -0.05) is 27.2 Å². The van der Waals surface area contributed by atoms with Crippen molar-refractivity contribution >= 4 is 15.9 Å². The lowest BCUT2D eigenvalue weighted by atomic mass is 10.0. The van der Waals surface area contributed by atoms with E-state index in [1.54, 1.807) is 33.5 Å². The average molecular weight is 667 g/mol. The highest BCUT2D eigenvalue weighted by Crippen LogP contribution is 2.48. The van der Waals surface area contributed by atoms with Gasteiger partial charge in [-0.2, -0.15) is 0 Å². The number of carbonyl (C=O) groups excluding carboxylic acids is 1. The molecule has 0 aliphatic carbocycles. The highest BCUT2D eigenvalue weighted by atomic mass is 32.2. The van der Waals surface area contributed by atoms with E-state index in [-0.39, 0.29) is 42.2 Å². The van der Waals surface area contributed by atoms with Crippen LogP contribution < -0.4 is 29.0 Å². The normalized spacial score (nSPS) is 16.2. The Bertz CT molecular complexity index is 1360. The Labute approximate surface area is 273 Å². The second-order valence-corrected chi connectivity index (χ2v) is 13.2. The summed E-state index contributed by atoms with van der Waals surface area (Å²) in [5.74, 6) is 1.98. The summed E-state index contributed by atoms with van der Waals surface area (Å²) in [6.07, 6.45) is 3.73. The maximum Gasteiger partial charge on any atom is 0.341 e. The largest absolute Gasteiger partial charge is 0.493 e. The highest BCUT2D eigenvalue weighted by Gasteiger charge is 2.33. The van der Waals surface area contributed by atoms with Crippen LogP contribution in [-0.2, 0) is 14.6 Å². The summed E-state index contributed by atoms with van der Waals surface area (Å²) in [5.41, 5.74) is 1.53. The fraction of sp³-hybridized carbons (Fsp3) is 0.606. The molecule has 2 N–H and O–H groups in total. The van der Waals surface area contributed by atoms with Crippen LogP contribution in [0.3, 0.4) is 0 Å². The van der Waals surface area contributed by atoms with Gasteiger partial charge in [-0.05, 0) is 73.9 Å². The minimum Gasteiger partial charge on any atom is -0.493 e. The summed E-state index contributed by atoms with van der Waals surface area (Å²) >= 11 is 0. The van der Waals surface area contributed by atoms with E-state index in [4.69, 9.17) is 28.4 Å². The SMILES string of the molecule is CCCCN(O)C(=O)NCCCOc1cc(C2CCC(c3cc(OC)c(OC)c(OC)c3)O2)cc(S(=O)(=O)CCC)c1OCCC. The van der Waals surface area contributed by atoms with E-state index in [1.165, 1.54) is 0 Å². The second kappa shape index (κ2) is 18.1. The van der Waals surface area contributed by atoms with Crippen molar-refractivity contribution in [1.82, 2.24) is 10.4 Å². The summed E-state index contributed by atoms with van der Waals surface area (Å²) in [6.45, 7) is 6.74. The van der Waals surface area contributed by atoms with Crippen LogP contribution in [0.4, 0.5) is 4.79 Å². The third-order valence-corrected chi connectivity index (χ3v) is 9.48. The van der Waals surface area contributed by atoms with E-state index < -0.39 is 22.0 Å². The minimum atomic E-state index is -3.70. The van der Waals surface area contributed by atoms with Crippen molar-refractivity contribution in [1.29, 1.82) is 0 Å². The number of nitrogens with zero attached hydrogens (tertiary/aromatic N) is 1. The van der Waals surface area contributed by atoms with Crippen LogP contribution in [0.5, 0.6) is 28.7 Å². The Hall–Kier alpha value is -3.42. The van der Waals surface area contributed by atoms with Gasteiger partial charge in [0.2, 0.25) is 5.75 Å². The summed E-state index contributed by atoms with van der Waals surface area (Å²) in [6, 6.07) is 6.59. The summed E-state index contributed by atoms with van der Waals surface area (Å²) in [7, 11) is 0.969. The molecular formula is C33H50N2O10S. The molecule has 1 heterocycles. The molecule has 13 heteroatoms. The number of sulfone groups is 1. The molecule has 0 bridgehead atoms. The van der Waals surface area contributed by atoms with E-state index in [9.17, 15) is 18.4 Å². The summed E-state index contributed by atoms with van der Waals surface area (Å²) in [5, 5.41) is 13.2. The zero-order valence-electron chi connectivity index (χ0n) is 27.9. The van der Waals surface area contributed by atoms with Crippen molar-refractivity contribution in [3.05, 3.63) is 35.4 Å². The van der Waals surface area contributed by atoms with Gasteiger partial charge in [-0.25, -0.2) is 18.3 Å². The van der Waals surface area contributed by atoms with E-state index in [0.717, 1.165) is 12.0 Å². The van der Waals surface area contributed by atoms with Gasteiger partial charge in [0.25, 0.3) is 0 Å². The Kier molecular flexibility index (Phi) is 14.5. The first-order valence-electron chi connectivity index (χ1n) is 16.0. The number of amides is 2. The van der Waals surface area contributed by atoms with Crippen molar-refractivity contribution in [3.8, 4) is 28.7 Å². The first-order chi connectivity index (χ1) is 22.1. The number of methoxy groups -OCH3 is 3. The van der Waals surface area contributed by atoms with E-state index >= 15 is 0 Å². The van der Waals surface area contributed by atoms with Crippen LogP contribution in [0.15, 0.2) is 29.2 Å². The first kappa shape index (κ1) is 37.0. The van der Waals surface area contributed by atoms with E-state index in [2.05, 4.69) is 5.32 Å².